The number of fused-ring (bicyclic) bond motifs is 4. The number of rotatable bonds is 2. The van der Waals surface area contributed by atoms with Crippen LogP contribution in [0.1, 0.15) is 65.2 Å². The highest BCUT2D eigenvalue weighted by Gasteiger charge is 2.59. The zero-order valence-corrected chi connectivity index (χ0v) is 14.4. The van der Waals surface area contributed by atoms with Gasteiger partial charge >= 0.3 is 0 Å². The normalized spacial score (nSPS) is 42.2. The number of hydrogen-bond donors (Lipinski definition) is 1. The monoisotopic (exact) mass is 312 g/mol. The topological polar surface area (TPSA) is 37.3 Å². The first kappa shape index (κ1) is 15.4. The molecule has 0 unspecified atom stereocenters. The molecule has 1 fully saturated rings. The predicted molar refractivity (Wildman–Crippen MR) is 91.9 cm³/mol. The molecule has 23 heavy (non-hydrogen) atoms. The quantitative estimate of drug-likeness (QED) is 0.815. The minimum absolute atomic E-state index is 0.0395. The van der Waals surface area contributed by atoms with E-state index in [2.05, 4.69) is 26.0 Å². The van der Waals surface area contributed by atoms with E-state index in [0.717, 1.165) is 44.9 Å². The highest BCUT2D eigenvalue weighted by Crippen LogP contribution is 2.63. The van der Waals surface area contributed by atoms with Crippen molar-refractivity contribution in [3.05, 3.63) is 34.9 Å². The van der Waals surface area contributed by atoms with Crippen molar-refractivity contribution in [2.75, 3.05) is 0 Å². The van der Waals surface area contributed by atoms with E-state index in [4.69, 9.17) is 0 Å². The summed E-state index contributed by atoms with van der Waals surface area (Å²) in [4.78, 5) is 11.7. The van der Waals surface area contributed by atoms with Gasteiger partial charge in [-0.05, 0) is 79.6 Å². The van der Waals surface area contributed by atoms with Crippen LogP contribution in [0.25, 0.3) is 0 Å². The molecule has 4 aliphatic carbocycles. The Morgan fingerprint density at radius 2 is 2.00 bits per heavy atom. The molecule has 124 valence electrons. The largest absolute Gasteiger partial charge is 0.389 e. The summed E-state index contributed by atoms with van der Waals surface area (Å²) in [5.41, 5.74) is 3.67. The molecule has 4 aliphatic rings. The Labute approximate surface area is 139 Å². The molecule has 0 radical (unpaired) electrons. The second kappa shape index (κ2) is 5.17. The van der Waals surface area contributed by atoms with Gasteiger partial charge in [-0.3, -0.25) is 4.79 Å². The van der Waals surface area contributed by atoms with Gasteiger partial charge < -0.3 is 5.11 Å². The summed E-state index contributed by atoms with van der Waals surface area (Å²) in [6.07, 6.45) is 14.3. The van der Waals surface area contributed by atoms with Gasteiger partial charge in [-0.25, -0.2) is 0 Å². The third kappa shape index (κ3) is 1.94. The molecule has 0 heterocycles. The highest BCUT2D eigenvalue weighted by atomic mass is 16.3. The summed E-state index contributed by atoms with van der Waals surface area (Å²) < 4.78 is 0. The molecule has 1 N–H and O–H groups in total. The summed E-state index contributed by atoms with van der Waals surface area (Å²) in [6.45, 7) is 4.38. The summed E-state index contributed by atoms with van der Waals surface area (Å²) in [6, 6.07) is 0. The first-order chi connectivity index (χ1) is 11.0. The van der Waals surface area contributed by atoms with Crippen molar-refractivity contribution in [2.24, 2.45) is 17.3 Å². The maximum Gasteiger partial charge on any atom is 0.156 e. The molecule has 2 nitrogen and oxygen atoms in total. The minimum Gasteiger partial charge on any atom is -0.389 e. The van der Waals surface area contributed by atoms with Crippen LogP contribution in [0.2, 0.25) is 0 Å². The standard InChI is InChI=1S/C21H28O2/c1-3-20-11-9-17-16-8-6-15(22)13-14(16)5-7-18(17)19(20)10-12-21(20,23)4-2/h9,11,13,18-19,23H,3-8,10,12H2,1-2H3/t18-,19-,20+,21-/m1/s1. The summed E-state index contributed by atoms with van der Waals surface area (Å²) in [5, 5.41) is 11.3. The lowest BCUT2D eigenvalue weighted by Crippen LogP contribution is -2.48. The average molecular weight is 312 g/mol. The van der Waals surface area contributed by atoms with Crippen LogP contribution in [0.5, 0.6) is 0 Å². The van der Waals surface area contributed by atoms with Gasteiger partial charge in [0.05, 0.1) is 5.60 Å². The van der Waals surface area contributed by atoms with Crippen LogP contribution in [0, 0.1) is 17.3 Å². The smallest absolute Gasteiger partial charge is 0.156 e. The Balaban J connectivity index is 1.83. The molecule has 2 heteroatoms. The van der Waals surface area contributed by atoms with Gasteiger partial charge in [0.15, 0.2) is 5.78 Å². The van der Waals surface area contributed by atoms with Crippen molar-refractivity contribution in [3.8, 4) is 0 Å². The lowest BCUT2D eigenvalue weighted by molar-refractivity contribution is -0.114. The fourth-order valence-corrected chi connectivity index (χ4v) is 6.17. The van der Waals surface area contributed by atoms with E-state index in [-0.39, 0.29) is 5.41 Å². The van der Waals surface area contributed by atoms with E-state index in [9.17, 15) is 9.90 Å². The second-order valence-electron chi connectivity index (χ2n) is 7.97. The van der Waals surface area contributed by atoms with E-state index in [1.807, 2.05) is 6.08 Å². The first-order valence-electron chi connectivity index (χ1n) is 9.43. The zero-order valence-electron chi connectivity index (χ0n) is 14.4. The fourth-order valence-electron chi connectivity index (χ4n) is 6.17. The number of ketones is 1. The maximum absolute atomic E-state index is 11.7. The Morgan fingerprint density at radius 3 is 2.74 bits per heavy atom. The van der Waals surface area contributed by atoms with Crippen molar-refractivity contribution < 1.29 is 9.90 Å². The van der Waals surface area contributed by atoms with Crippen molar-refractivity contribution >= 4 is 5.78 Å². The van der Waals surface area contributed by atoms with Crippen molar-refractivity contribution in [3.63, 3.8) is 0 Å². The van der Waals surface area contributed by atoms with Crippen LogP contribution in [0.15, 0.2) is 34.9 Å². The Morgan fingerprint density at radius 1 is 1.17 bits per heavy atom. The number of aliphatic hydroxyl groups is 1. The lowest BCUT2D eigenvalue weighted by Gasteiger charge is -2.50. The molecule has 1 saturated carbocycles. The fraction of sp³-hybridized carbons (Fsp3) is 0.667. The SMILES string of the molecule is CC[C@@]1(O)CC[C@@H]2[C@@H]3CCC4=CC(=O)CCC4=C3C=C[C@@]21CC. The van der Waals surface area contributed by atoms with Crippen LogP contribution in [-0.2, 0) is 4.79 Å². The van der Waals surface area contributed by atoms with Gasteiger partial charge in [-0.2, -0.15) is 0 Å². The molecule has 0 amide bonds. The molecular weight excluding hydrogens is 284 g/mol. The van der Waals surface area contributed by atoms with Gasteiger partial charge in [-0.1, -0.05) is 26.0 Å². The summed E-state index contributed by atoms with van der Waals surface area (Å²) in [5.74, 6) is 1.46. The van der Waals surface area contributed by atoms with Gasteiger partial charge in [0.25, 0.3) is 0 Å². The van der Waals surface area contributed by atoms with Crippen LogP contribution >= 0.6 is 0 Å². The Kier molecular flexibility index (Phi) is 3.46. The number of carbonyl (C=O) groups is 1. The van der Waals surface area contributed by atoms with Crippen molar-refractivity contribution in [1.82, 2.24) is 0 Å². The number of allylic oxidation sites excluding steroid dienone is 5. The van der Waals surface area contributed by atoms with Crippen LogP contribution in [0.4, 0.5) is 0 Å². The van der Waals surface area contributed by atoms with E-state index < -0.39 is 5.60 Å². The van der Waals surface area contributed by atoms with Gasteiger partial charge in [0, 0.05) is 11.8 Å². The molecule has 0 aromatic heterocycles. The van der Waals surface area contributed by atoms with E-state index in [1.54, 1.807) is 0 Å². The second-order valence-corrected chi connectivity index (χ2v) is 7.97. The molecule has 0 saturated heterocycles. The molecule has 0 bridgehead atoms. The summed E-state index contributed by atoms with van der Waals surface area (Å²) in [7, 11) is 0. The Hall–Kier alpha value is -1.15. The number of carbonyl (C=O) groups excluding carboxylic acids is 1. The number of hydrogen-bond acceptors (Lipinski definition) is 2. The van der Waals surface area contributed by atoms with Crippen LogP contribution < -0.4 is 0 Å². The average Bonchev–Trinajstić information content (AvgIpc) is 2.88. The molecule has 4 rings (SSSR count). The van der Waals surface area contributed by atoms with E-state index in [1.165, 1.54) is 16.7 Å². The molecule has 0 aliphatic heterocycles. The third-order valence-electron chi connectivity index (χ3n) is 7.43. The van der Waals surface area contributed by atoms with Crippen LogP contribution in [0.3, 0.4) is 0 Å². The highest BCUT2D eigenvalue weighted by molar-refractivity contribution is 5.93. The molecule has 0 spiro atoms. The van der Waals surface area contributed by atoms with Gasteiger partial charge in [0.2, 0.25) is 0 Å². The van der Waals surface area contributed by atoms with Crippen LogP contribution in [-0.4, -0.2) is 16.5 Å². The van der Waals surface area contributed by atoms with Crippen molar-refractivity contribution in [2.45, 2.75) is 70.8 Å². The van der Waals surface area contributed by atoms with Gasteiger partial charge in [0.1, 0.15) is 0 Å². The molecule has 4 atom stereocenters. The van der Waals surface area contributed by atoms with Gasteiger partial charge in [-0.15, -0.1) is 0 Å². The van der Waals surface area contributed by atoms with E-state index >= 15 is 0 Å². The molecular formula is C21H28O2. The Bertz CT molecular complexity index is 638. The van der Waals surface area contributed by atoms with Crippen molar-refractivity contribution in [1.29, 1.82) is 0 Å². The maximum atomic E-state index is 11.7. The molecule has 0 aromatic rings. The summed E-state index contributed by atoms with van der Waals surface area (Å²) >= 11 is 0. The molecule has 0 aromatic carbocycles. The third-order valence-corrected chi connectivity index (χ3v) is 7.43. The zero-order chi connectivity index (χ0) is 16.2. The first-order valence-corrected chi connectivity index (χ1v) is 9.43. The minimum atomic E-state index is -0.530. The lowest BCUT2D eigenvalue weighted by atomic mass is 9.56. The van der Waals surface area contributed by atoms with E-state index in [0.29, 0.717) is 24.0 Å². The predicted octanol–water partition coefficient (Wildman–Crippen LogP) is 4.50.